The van der Waals surface area contributed by atoms with Gasteiger partial charge in [-0.1, -0.05) is 48.5 Å². The summed E-state index contributed by atoms with van der Waals surface area (Å²) in [5.74, 6) is 1.43. The quantitative estimate of drug-likeness (QED) is 0.729. The molecule has 0 atom stereocenters. The number of nitrogens with zero attached hydrogens (tertiary/aromatic N) is 3. The second kappa shape index (κ2) is 7.35. The Labute approximate surface area is 152 Å². The van der Waals surface area contributed by atoms with Crippen LogP contribution in [0.4, 0.5) is 17.3 Å². The fraction of sp³-hybridized carbons (Fsp3) is 0.190. The Kier molecular flexibility index (Phi) is 4.60. The van der Waals surface area contributed by atoms with Gasteiger partial charge in [-0.25, -0.2) is 0 Å². The molecule has 1 aliphatic carbocycles. The van der Waals surface area contributed by atoms with Crippen LogP contribution in [0.25, 0.3) is 0 Å². The maximum atomic E-state index is 11.9. The van der Waals surface area contributed by atoms with Gasteiger partial charge in [0.15, 0.2) is 11.6 Å². The topological polar surface area (TPSA) is 58.1 Å². The Bertz CT molecular complexity index is 862. The second-order valence-electron chi connectivity index (χ2n) is 6.45. The van der Waals surface area contributed by atoms with Crippen molar-refractivity contribution in [1.82, 2.24) is 10.2 Å². The van der Waals surface area contributed by atoms with Crippen molar-refractivity contribution in [2.75, 3.05) is 10.2 Å². The van der Waals surface area contributed by atoms with Crippen LogP contribution in [0.5, 0.6) is 0 Å². The molecule has 1 saturated carbocycles. The number of rotatable bonds is 6. The van der Waals surface area contributed by atoms with Gasteiger partial charge < -0.3 is 10.2 Å². The van der Waals surface area contributed by atoms with Crippen LogP contribution in [0.1, 0.15) is 18.4 Å². The van der Waals surface area contributed by atoms with Crippen LogP contribution in [0.3, 0.4) is 0 Å². The van der Waals surface area contributed by atoms with Gasteiger partial charge in [0.1, 0.15) is 0 Å². The number of hydrogen-bond acceptors (Lipinski definition) is 4. The summed E-state index contributed by atoms with van der Waals surface area (Å²) in [7, 11) is 0. The number of amides is 1. The molecule has 1 N–H and O–H groups in total. The Balaban J connectivity index is 1.57. The minimum Gasteiger partial charge on any atom is -0.320 e. The Hall–Kier alpha value is -3.21. The molecular formula is C21H20N4O. The van der Waals surface area contributed by atoms with Crippen molar-refractivity contribution in [3.05, 3.63) is 78.4 Å². The summed E-state index contributed by atoms with van der Waals surface area (Å²) in [6.45, 7) is 0.688. The molecule has 1 fully saturated rings. The van der Waals surface area contributed by atoms with E-state index in [0.717, 1.165) is 24.3 Å². The Morgan fingerprint density at radius 1 is 0.923 bits per heavy atom. The molecule has 0 saturated heterocycles. The van der Waals surface area contributed by atoms with Gasteiger partial charge in [0.05, 0.1) is 0 Å². The molecule has 0 aliphatic heterocycles. The van der Waals surface area contributed by atoms with Crippen molar-refractivity contribution in [3.63, 3.8) is 0 Å². The summed E-state index contributed by atoms with van der Waals surface area (Å²) in [4.78, 5) is 14.0. The van der Waals surface area contributed by atoms with Crippen LogP contribution < -0.4 is 10.2 Å². The summed E-state index contributed by atoms with van der Waals surface area (Å²) >= 11 is 0. The van der Waals surface area contributed by atoms with E-state index in [4.69, 9.17) is 0 Å². The number of aromatic nitrogens is 2. The lowest BCUT2D eigenvalue weighted by Crippen LogP contribution is -2.19. The fourth-order valence-electron chi connectivity index (χ4n) is 2.79. The first kappa shape index (κ1) is 16.3. The highest BCUT2D eigenvalue weighted by Gasteiger charge is 2.29. The molecule has 130 valence electrons. The van der Waals surface area contributed by atoms with Crippen LogP contribution in [-0.2, 0) is 11.3 Å². The average molecular weight is 344 g/mol. The molecule has 0 unspecified atom stereocenters. The van der Waals surface area contributed by atoms with Gasteiger partial charge in [-0.15, -0.1) is 10.2 Å². The Morgan fingerprint density at radius 3 is 2.23 bits per heavy atom. The van der Waals surface area contributed by atoms with Crippen LogP contribution in [0.15, 0.2) is 72.8 Å². The van der Waals surface area contributed by atoms with E-state index in [-0.39, 0.29) is 11.8 Å². The predicted octanol–water partition coefficient (Wildman–Crippen LogP) is 4.16. The predicted molar refractivity (Wildman–Crippen MR) is 102 cm³/mol. The molecule has 0 bridgehead atoms. The minimum atomic E-state index is 0.0382. The number of carbonyl (C=O) groups excluding carboxylic acids is 1. The molecule has 1 aromatic heterocycles. The third kappa shape index (κ3) is 3.88. The molecule has 0 radical (unpaired) electrons. The number of para-hydroxylation sites is 1. The molecule has 5 nitrogen and oxygen atoms in total. The van der Waals surface area contributed by atoms with Crippen LogP contribution >= 0.6 is 0 Å². The first-order valence-electron chi connectivity index (χ1n) is 8.81. The van der Waals surface area contributed by atoms with Crippen molar-refractivity contribution in [2.45, 2.75) is 19.4 Å². The lowest BCUT2D eigenvalue weighted by Gasteiger charge is -2.23. The fourth-order valence-corrected chi connectivity index (χ4v) is 2.79. The summed E-state index contributed by atoms with van der Waals surface area (Å²) in [6.07, 6.45) is 1.94. The van der Waals surface area contributed by atoms with Gasteiger partial charge >= 0.3 is 0 Å². The monoisotopic (exact) mass is 344 g/mol. The lowest BCUT2D eigenvalue weighted by atomic mass is 10.2. The molecule has 1 heterocycles. The molecular weight excluding hydrogens is 324 g/mol. The summed E-state index contributed by atoms with van der Waals surface area (Å²) < 4.78 is 0. The van der Waals surface area contributed by atoms with Crippen LogP contribution in [0.2, 0.25) is 0 Å². The molecule has 1 amide bonds. The van der Waals surface area contributed by atoms with Gasteiger partial charge in [0.2, 0.25) is 5.91 Å². The van der Waals surface area contributed by atoms with Gasteiger partial charge in [0.25, 0.3) is 0 Å². The van der Waals surface area contributed by atoms with E-state index in [0.29, 0.717) is 12.4 Å². The summed E-state index contributed by atoms with van der Waals surface area (Å²) in [5, 5.41) is 11.4. The number of hydrogen-bond donors (Lipinski definition) is 1. The van der Waals surface area contributed by atoms with E-state index in [1.807, 2.05) is 60.7 Å². The third-order valence-corrected chi connectivity index (χ3v) is 4.38. The molecule has 4 rings (SSSR count). The van der Waals surface area contributed by atoms with E-state index in [1.54, 1.807) is 0 Å². The first-order valence-corrected chi connectivity index (χ1v) is 8.81. The van der Waals surface area contributed by atoms with Crippen LogP contribution in [-0.4, -0.2) is 16.1 Å². The zero-order valence-corrected chi connectivity index (χ0v) is 14.4. The molecule has 1 aliphatic rings. The number of anilines is 3. The van der Waals surface area contributed by atoms with E-state index in [2.05, 4.69) is 32.5 Å². The van der Waals surface area contributed by atoms with Crippen molar-refractivity contribution in [1.29, 1.82) is 0 Å². The van der Waals surface area contributed by atoms with Crippen molar-refractivity contribution < 1.29 is 4.79 Å². The largest absolute Gasteiger partial charge is 0.320 e. The highest BCUT2D eigenvalue weighted by Crippen LogP contribution is 2.30. The Morgan fingerprint density at radius 2 is 1.62 bits per heavy atom. The van der Waals surface area contributed by atoms with Crippen molar-refractivity contribution >= 4 is 23.2 Å². The zero-order chi connectivity index (χ0) is 17.8. The van der Waals surface area contributed by atoms with Gasteiger partial charge in [-0.05, 0) is 42.7 Å². The smallest absolute Gasteiger partial charge is 0.228 e. The van der Waals surface area contributed by atoms with E-state index in [1.165, 1.54) is 5.56 Å². The van der Waals surface area contributed by atoms with E-state index < -0.39 is 0 Å². The van der Waals surface area contributed by atoms with E-state index in [9.17, 15) is 4.79 Å². The standard InChI is InChI=1S/C21H20N4O/c26-21(17-11-12-17)22-19-13-14-20(24-23-19)25(18-9-5-2-6-10-18)15-16-7-3-1-4-8-16/h1-10,13-14,17H,11-12,15H2,(H,22,23,26). The van der Waals surface area contributed by atoms with Crippen LogP contribution in [0, 0.1) is 5.92 Å². The van der Waals surface area contributed by atoms with Gasteiger partial charge in [-0.3, -0.25) is 4.79 Å². The summed E-state index contributed by atoms with van der Waals surface area (Å²) in [5.41, 5.74) is 2.23. The molecule has 5 heteroatoms. The first-order chi connectivity index (χ1) is 12.8. The highest BCUT2D eigenvalue weighted by molar-refractivity contribution is 5.93. The second-order valence-corrected chi connectivity index (χ2v) is 6.45. The zero-order valence-electron chi connectivity index (χ0n) is 14.4. The maximum Gasteiger partial charge on any atom is 0.228 e. The number of carbonyl (C=O) groups is 1. The third-order valence-electron chi connectivity index (χ3n) is 4.38. The van der Waals surface area contributed by atoms with Gasteiger partial charge in [0, 0.05) is 18.2 Å². The number of benzene rings is 2. The molecule has 3 aromatic rings. The maximum absolute atomic E-state index is 11.9. The highest BCUT2D eigenvalue weighted by atomic mass is 16.2. The van der Waals surface area contributed by atoms with Gasteiger partial charge in [-0.2, -0.15) is 0 Å². The molecule has 26 heavy (non-hydrogen) atoms. The summed E-state index contributed by atoms with van der Waals surface area (Å²) in [6, 6.07) is 24.0. The lowest BCUT2D eigenvalue weighted by molar-refractivity contribution is -0.117. The van der Waals surface area contributed by atoms with Crippen molar-refractivity contribution in [2.24, 2.45) is 5.92 Å². The molecule has 0 spiro atoms. The number of nitrogens with one attached hydrogen (secondary N) is 1. The minimum absolute atomic E-state index is 0.0382. The SMILES string of the molecule is O=C(Nc1ccc(N(Cc2ccccc2)c2ccccc2)nn1)C1CC1. The molecule has 2 aromatic carbocycles. The average Bonchev–Trinajstić information content (AvgIpc) is 3.54. The van der Waals surface area contributed by atoms with Crippen molar-refractivity contribution in [3.8, 4) is 0 Å². The van der Waals surface area contributed by atoms with E-state index >= 15 is 0 Å². The normalized spacial score (nSPS) is 13.2.